The van der Waals surface area contributed by atoms with E-state index < -0.39 is 0 Å². The van der Waals surface area contributed by atoms with E-state index in [0.717, 1.165) is 37.2 Å². The van der Waals surface area contributed by atoms with Crippen molar-refractivity contribution in [3.8, 4) is 0 Å². The average Bonchev–Trinajstić information content (AvgIpc) is 2.78. The lowest BCUT2D eigenvalue weighted by molar-refractivity contribution is 0.0948. The standard InChI is InChI=1S/C13H18N2O/c1-10-3-2-4-12(7-10)13(16)15-9-11-5-6-14-8-11/h2-4,7,11,14H,5-6,8-9H2,1H3,(H,15,16). The summed E-state index contributed by atoms with van der Waals surface area (Å²) < 4.78 is 0. The molecule has 0 spiro atoms. The molecule has 0 aliphatic carbocycles. The Balaban J connectivity index is 1.87. The van der Waals surface area contributed by atoms with Gasteiger partial charge in [0.15, 0.2) is 0 Å². The zero-order chi connectivity index (χ0) is 11.4. The molecule has 0 saturated carbocycles. The zero-order valence-corrected chi connectivity index (χ0v) is 9.62. The van der Waals surface area contributed by atoms with Crippen molar-refractivity contribution in [2.24, 2.45) is 5.92 Å². The van der Waals surface area contributed by atoms with Crippen LogP contribution in [0.1, 0.15) is 22.3 Å². The molecule has 2 N–H and O–H groups in total. The second-order valence-electron chi connectivity index (χ2n) is 4.44. The van der Waals surface area contributed by atoms with Crippen LogP contribution >= 0.6 is 0 Å². The average molecular weight is 218 g/mol. The maximum absolute atomic E-state index is 11.8. The Hall–Kier alpha value is -1.35. The molecular weight excluding hydrogens is 200 g/mol. The molecule has 0 radical (unpaired) electrons. The van der Waals surface area contributed by atoms with Crippen LogP contribution in [0.3, 0.4) is 0 Å². The fraction of sp³-hybridized carbons (Fsp3) is 0.462. The first-order valence-corrected chi connectivity index (χ1v) is 5.81. The highest BCUT2D eigenvalue weighted by atomic mass is 16.1. The van der Waals surface area contributed by atoms with Crippen LogP contribution in [0.15, 0.2) is 24.3 Å². The summed E-state index contributed by atoms with van der Waals surface area (Å²) in [5, 5.41) is 6.28. The summed E-state index contributed by atoms with van der Waals surface area (Å²) in [5.41, 5.74) is 1.88. The van der Waals surface area contributed by atoms with Gasteiger partial charge in [-0.15, -0.1) is 0 Å². The van der Waals surface area contributed by atoms with Crippen molar-refractivity contribution in [1.82, 2.24) is 10.6 Å². The van der Waals surface area contributed by atoms with Crippen LogP contribution in [0.25, 0.3) is 0 Å². The van der Waals surface area contributed by atoms with Crippen LogP contribution in [0.4, 0.5) is 0 Å². The molecule has 1 amide bonds. The van der Waals surface area contributed by atoms with Crippen molar-refractivity contribution in [1.29, 1.82) is 0 Å². The molecule has 16 heavy (non-hydrogen) atoms. The van der Waals surface area contributed by atoms with E-state index in [-0.39, 0.29) is 5.91 Å². The van der Waals surface area contributed by atoms with Crippen LogP contribution < -0.4 is 10.6 Å². The maximum atomic E-state index is 11.8. The van der Waals surface area contributed by atoms with Gasteiger partial charge in [-0.1, -0.05) is 17.7 Å². The first-order chi connectivity index (χ1) is 7.75. The van der Waals surface area contributed by atoms with E-state index in [1.807, 2.05) is 31.2 Å². The Bertz CT molecular complexity index is 370. The Morgan fingerprint density at radius 3 is 3.12 bits per heavy atom. The number of amides is 1. The second-order valence-corrected chi connectivity index (χ2v) is 4.44. The number of aryl methyl sites for hydroxylation is 1. The Labute approximate surface area is 96.2 Å². The van der Waals surface area contributed by atoms with Crippen molar-refractivity contribution in [2.75, 3.05) is 19.6 Å². The number of hydrogen-bond acceptors (Lipinski definition) is 2. The van der Waals surface area contributed by atoms with E-state index in [2.05, 4.69) is 10.6 Å². The van der Waals surface area contributed by atoms with E-state index >= 15 is 0 Å². The van der Waals surface area contributed by atoms with Gasteiger partial charge in [0.25, 0.3) is 5.91 Å². The fourth-order valence-corrected chi connectivity index (χ4v) is 2.01. The number of hydrogen-bond donors (Lipinski definition) is 2. The third kappa shape index (κ3) is 2.83. The summed E-state index contributed by atoms with van der Waals surface area (Å²) in [6, 6.07) is 7.69. The molecule has 1 aromatic carbocycles. The SMILES string of the molecule is Cc1cccc(C(=O)NCC2CCNC2)c1. The number of nitrogens with one attached hydrogen (secondary N) is 2. The summed E-state index contributed by atoms with van der Waals surface area (Å²) in [6.07, 6.45) is 1.16. The number of carbonyl (C=O) groups excluding carboxylic acids is 1. The fourth-order valence-electron chi connectivity index (χ4n) is 2.01. The molecule has 1 unspecified atom stereocenters. The topological polar surface area (TPSA) is 41.1 Å². The number of carbonyl (C=O) groups is 1. The van der Waals surface area contributed by atoms with Gasteiger partial charge < -0.3 is 10.6 Å². The summed E-state index contributed by atoms with van der Waals surface area (Å²) in [7, 11) is 0. The van der Waals surface area contributed by atoms with Crippen molar-refractivity contribution in [3.05, 3.63) is 35.4 Å². The third-order valence-electron chi connectivity index (χ3n) is 2.99. The van der Waals surface area contributed by atoms with E-state index in [9.17, 15) is 4.79 Å². The van der Waals surface area contributed by atoms with Gasteiger partial charge in [-0.2, -0.15) is 0 Å². The maximum Gasteiger partial charge on any atom is 0.251 e. The summed E-state index contributed by atoms with van der Waals surface area (Å²) in [6.45, 7) is 4.87. The van der Waals surface area contributed by atoms with Crippen molar-refractivity contribution in [2.45, 2.75) is 13.3 Å². The van der Waals surface area contributed by atoms with E-state index in [4.69, 9.17) is 0 Å². The molecule has 1 fully saturated rings. The Kier molecular flexibility index (Phi) is 3.57. The minimum absolute atomic E-state index is 0.0376. The number of benzene rings is 1. The van der Waals surface area contributed by atoms with Gasteiger partial charge in [-0.25, -0.2) is 0 Å². The van der Waals surface area contributed by atoms with Crippen LogP contribution in [0, 0.1) is 12.8 Å². The van der Waals surface area contributed by atoms with Crippen molar-refractivity contribution in [3.63, 3.8) is 0 Å². The molecule has 86 valence electrons. The molecule has 1 aliphatic rings. The summed E-state index contributed by atoms with van der Waals surface area (Å²) >= 11 is 0. The van der Waals surface area contributed by atoms with Crippen LogP contribution in [0.2, 0.25) is 0 Å². The monoisotopic (exact) mass is 218 g/mol. The molecule has 2 rings (SSSR count). The van der Waals surface area contributed by atoms with Gasteiger partial charge in [0.05, 0.1) is 0 Å². The van der Waals surface area contributed by atoms with Gasteiger partial charge in [-0.3, -0.25) is 4.79 Å². The minimum Gasteiger partial charge on any atom is -0.352 e. The summed E-state index contributed by atoms with van der Waals surface area (Å²) in [4.78, 5) is 11.8. The lowest BCUT2D eigenvalue weighted by Crippen LogP contribution is -2.30. The molecule has 0 bridgehead atoms. The third-order valence-corrected chi connectivity index (χ3v) is 2.99. The minimum atomic E-state index is 0.0376. The largest absolute Gasteiger partial charge is 0.352 e. The molecule has 1 heterocycles. The predicted octanol–water partition coefficient (Wildman–Crippen LogP) is 1.33. The van der Waals surface area contributed by atoms with E-state index in [0.29, 0.717) is 5.92 Å². The lowest BCUT2D eigenvalue weighted by Gasteiger charge is -2.10. The quantitative estimate of drug-likeness (QED) is 0.803. The zero-order valence-electron chi connectivity index (χ0n) is 9.62. The van der Waals surface area contributed by atoms with Crippen molar-refractivity contribution >= 4 is 5.91 Å². The van der Waals surface area contributed by atoms with Gasteiger partial charge in [-0.05, 0) is 44.5 Å². The molecule has 3 heteroatoms. The first kappa shape index (κ1) is 11.1. The Morgan fingerprint density at radius 2 is 2.44 bits per heavy atom. The van der Waals surface area contributed by atoms with Crippen LogP contribution in [-0.4, -0.2) is 25.5 Å². The molecule has 1 saturated heterocycles. The molecule has 3 nitrogen and oxygen atoms in total. The summed E-state index contributed by atoms with van der Waals surface area (Å²) in [5.74, 6) is 0.629. The molecule has 1 atom stereocenters. The van der Waals surface area contributed by atoms with Gasteiger partial charge >= 0.3 is 0 Å². The normalized spacial score (nSPS) is 19.7. The molecule has 1 aromatic rings. The van der Waals surface area contributed by atoms with Gasteiger partial charge in [0, 0.05) is 12.1 Å². The highest BCUT2D eigenvalue weighted by Crippen LogP contribution is 2.07. The smallest absolute Gasteiger partial charge is 0.251 e. The highest BCUT2D eigenvalue weighted by Gasteiger charge is 2.15. The van der Waals surface area contributed by atoms with Crippen LogP contribution in [-0.2, 0) is 0 Å². The van der Waals surface area contributed by atoms with E-state index in [1.54, 1.807) is 0 Å². The van der Waals surface area contributed by atoms with E-state index in [1.165, 1.54) is 0 Å². The van der Waals surface area contributed by atoms with Crippen LogP contribution in [0.5, 0.6) is 0 Å². The van der Waals surface area contributed by atoms with Gasteiger partial charge in [0.1, 0.15) is 0 Å². The molecular formula is C13H18N2O. The molecule has 1 aliphatic heterocycles. The predicted molar refractivity (Wildman–Crippen MR) is 64.5 cm³/mol. The molecule has 0 aromatic heterocycles. The van der Waals surface area contributed by atoms with Gasteiger partial charge in [0.2, 0.25) is 0 Å². The first-order valence-electron chi connectivity index (χ1n) is 5.81. The second kappa shape index (κ2) is 5.12. The lowest BCUT2D eigenvalue weighted by atomic mass is 10.1. The highest BCUT2D eigenvalue weighted by molar-refractivity contribution is 5.94. The Morgan fingerprint density at radius 1 is 1.56 bits per heavy atom. The van der Waals surface area contributed by atoms with Crippen molar-refractivity contribution < 1.29 is 4.79 Å². The number of rotatable bonds is 3.